The minimum Gasteiger partial charge on any atom is -0.324 e. The van der Waals surface area contributed by atoms with Crippen molar-refractivity contribution < 1.29 is 4.79 Å². The van der Waals surface area contributed by atoms with Gasteiger partial charge in [-0.15, -0.1) is 0 Å². The van der Waals surface area contributed by atoms with Crippen molar-refractivity contribution in [2.24, 2.45) is 0 Å². The zero-order chi connectivity index (χ0) is 19.5. The molecule has 0 bridgehead atoms. The maximum Gasteiger partial charge on any atom is 0.258 e. The van der Waals surface area contributed by atoms with Crippen molar-refractivity contribution in [2.45, 2.75) is 13.8 Å². The normalized spacial score (nSPS) is 10.6. The number of para-hydroxylation sites is 1. The lowest BCUT2D eigenvalue weighted by Gasteiger charge is -2.10. The van der Waals surface area contributed by atoms with Crippen LogP contribution in [0.25, 0.3) is 10.9 Å². The van der Waals surface area contributed by atoms with Crippen LogP contribution in [-0.2, 0) is 0 Å². The van der Waals surface area contributed by atoms with Crippen LogP contribution in [0, 0.1) is 13.8 Å². The molecule has 0 fully saturated rings. The summed E-state index contributed by atoms with van der Waals surface area (Å²) in [5, 5.41) is 7.04. The molecule has 2 N–H and O–H groups in total. The van der Waals surface area contributed by atoms with Gasteiger partial charge in [0.15, 0.2) is 0 Å². The summed E-state index contributed by atoms with van der Waals surface area (Å²) in [7, 11) is 0. The van der Waals surface area contributed by atoms with Crippen LogP contribution >= 0.6 is 0 Å². The first-order chi connectivity index (χ1) is 13.6. The summed E-state index contributed by atoms with van der Waals surface area (Å²) in [5.41, 5.74) is 4.96. The van der Waals surface area contributed by atoms with E-state index in [0.29, 0.717) is 17.2 Å². The minimum absolute atomic E-state index is 0.281. The summed E-state index contributed by atoms with van der Waals surface area (Å²) in [6, 6.07) is 15.6. The maximum atomic E-state index is 12.6. The Hall–Kier alpha value is -3.80. The highest BCUT2D eigenvalue weighted by Gasteiger charge is 2.11. The summed E-state index contributed by atoms with van der Waals surface area (Å²) in [6.07, 6.45) is 4.72. The number of amides is 1. The first kappa shape index (κ1) is 17.6. The Bertz CT molecular complexity index is 1150. The van der Waals surface area contributed by atoms with Gasteiger partial charge >= 0.3 is 0 Å². The van der Waals surface area contributed by atoms with Crippen molar-refractivity contribution >= 4 is 34.1 Å². The molecule has 4 rings (SSSR count). The molecule has 6 heteroatoms. The van der Waals surface area contributed by atoms with E-state index in [1.54, 1.807) is 6.20 Å². The first-order valence-corrected chi connectivity index (χ1v) is 8.91. The topological polar surface area (TPSA) is 79.8 Å². The minimum atomic E-state index is -0.281. The van der Waals surface area contributed by atoms with E-state index in [-0.39, 0.29) is 5.91 Å². The van der Waals surface area contributed by atoms with E-state index >= 15 is 0 Å². The molecule has 0 aliphatic rings. The quantitative estimate of drug-likeness (QED) is 0.548. The van der Waals surface area contributed by atoms with Crippen molar-refractivity contribution in [3.8, 4) is 0 Å². The van der Waals surface area contributed by atoms with Gasteiger partial charge in [-0.1, -0.05) is 30.3 Å². The first-order valence-electron chi connectivity index (χ1n) is 8.91. The molecule has 0 unspecified atom stereocenters. The third kappa shape index (κ3) is 3.66. The number of carbonyl (C=O) groups is 1. The van der Waals surface area contributed by atoms with Gasteiger partial charge in [0.1, 0.15) is 0 Å². The number of fused-ring (bicyclic) bond motifs is 1. The number of rotatable bonds is 4. The van der Waals surface area contributed by atoms with Crippen LogP contribution in [0.2, 0.25) is 0 Å². The summed E-state index contributed by atoms with van der Waals surface area (Å²) in [5.74, 6) is 0.161. The zero-order valence-electron chi connectivity index (χ0n) is 15.6. The largest absolute Gasteiger partial charge is 0.324 e. The number of nitrogens with one attached hydrogen (secondary N) is 2. The van der Waals surface area contributed by atoms with E-state index in [4.69, 9.17) is 0 Å². The van der Waals surface area contributed by atoms with E-state index in [1.165, 1.54) is 12.4 Å². The number of aryl methyl sites for hydroxylation is 2. The van der Waals surface area contributed by atoms with Crippen molar-refractivity contribution in [1.29, 1.82) is 0 Å². The van der Waals surface area contributed by atoms with Crippen LogP contribution in [0.3, 0.4) is 0 Å². The molecule has 2 aromatic carbocycles. The van der Waals surface area contributed by atoms with Crippen molar-refractivity contribution in [1.82, 2.24) is 15.0 Å². The molecule has 0 atom stereocenters. The van der Waals surface area contributed by atoms with Crippen molar-refractivity contribution in [3.05, 3.63) is 83.8 Å². The highest BCUT2D eigenvalue weighted by molar-refractivity contribution is 6.08. The Morgan fingerprint density at radius 1 is 0.893 bits per heavy atom. The SMILES string of the molecule is Cc1ccc(C)c(Nc2ncc(C(=O)Nc3cccc4cccnc34)cn2)c1. The van der Waals surface area contributed by atoms with E-state index in [0.717, 1.165) is 27.7 Å². The Kier molecular flexibility index (Phi) is 4.68. The number of hydrogen-bond acceptors (Lipinski definition) is 5. The number of pyridine rings is 1. The highest BCUT2D eigenvalue weighted by Crippen LogP contribution is 2.22. The van der Waals surface area contributed by atoms with E-state index in [1.807, 2.05) is 56.3 Å². The van der Waals surface area contributed by atoms with Crippen LogP contribution in [0.15, 0.2) is 67.1 Å². The molecule has 6 nitrogen and oxygen atoms in total. The highest BCUT2D eigenvalue weighted by atomic mass is 16.1. The molecule has 2 heterocycles. The van der Waals surface area contributed by atoms with Crippen molar-refractivity contribution in [3.63, 3.8) is 0 Å². The summed E-state index contributed by atoms with van der Waals surface area (Å²) < 4.78 is 0. The molecule has 0 aliphatic heterocycles. The Labute approximate surface area is 162 Å². The molecule has 28 heavy (non-hydrogen) atoms. The predicted octanol–water partition coefficient (Wildman–Crippen LogP) is 4.64. The number of hydrogen-bond donors (Lipinski definition) is 2. The molecule has 0 saturated heterocycles. The monoisotopic (exact) mass is 369 g/mol. The Balaban J connectivity index is 1.52. The van der Waals surface area contributed by atoms with Gasteiger partial charge in [-0.2, -0.15) is 0 Å². The van der Waals surface area contributed by atoms with Gasteiger partial charge in [0.25, 0.3) is 5.91 Å². The molecule has 0 saturated carbocycles. The molecule has 138 valence electrons. The van der Waals surface area contributed by atoms with Gasteiger partial charge in [0, 0.05) is 29.7 Å². The fraction of sp³-hybridized carbons (Fsp3) is 0.0909. The van der Waals surface area contributed by atoms with Gasteiger partial charge in [-0.3, -0.25) is 9.78 Å². The Morgan fingerprint density at radius 3 is 2.50 bits per heavy atom. The van der Waals surface area contributed by atoms with Crippen LogP contribution < -0.4 is 10.6 Å². The molecule has 1 amide bonds. The zero-order valence-corrected chi connectivity index (χ0v) is 15.6. The smallest absolute Gasteiger partial charge is 0.258 e. The lowest BCUT2D eigenvalue weighted by molar-refractivity contribution is 0.102. The predicted molar refractivity (Wildman–Crippen MR) is 111 cm³/mol. The second-order valence-corrected chi connectivity index (χ2v) is 6.57. The van der Waals surface area contributed by atoms with E-state index < -0.39 is 0 Å². The molecule has 4 aromatic rings. The number of nitrogens with zero attached hydrogens (tertiary/aromatic N) is 3. The molecular weight excluding hydrogens is 350 g/mol. The second-order valence-electron chi connectivity index (χ2n) is 6.57. The maximum absolute atomic E-state index is 12.6. The number of benzene rings is 2. The summed E-state index contributed by atoms with van der Waals surface area (Å²) in [4.78, 5) is 25.5. The van der Waals surface area contributed by atoms with Crippen LogP contribution in [0.5, 0.6) is 0 Å². The van der Waals surface area contributed by atoms with Crippen LogP contribution in [0.4, 0.5) is 17.3 Å². The van der Waals surface area contributed by atoms with E-state index in [9.17, 15) is 4.79 Å². The summed E-state index contributed by atoms with van der Waals surface area (Å²) >= 11 is 0. The van der Waals surface area contributed by atoms with Gasteiger partial charge in [0.05, 0.1) is 16.8 Å². The number of aromatic nitrogens is 3. The number of anilines is 3. The molecular formula is C22H19N5O. The summed E-state index contributed by atoms with van der Waals surface area (Å²) in [6.45, 7) is 4.04. The molecule has 0 spiro atoms. The average Bonchev–Trinajstić information content (AvgIpc) is 2.71. The third-order valence-corrected chi connectivity index (χ3v) is 4.43. The van der Waals surface area contributed by atoms with Crippen LogP contribution in [-0.4, -0.2) is 20.9 Å². The lowest BCUT2D eigenvalue weighted by atomic mass is 10.1. The van der Waals surface area contributed by atoms with Crippen LogP contribution in [0.1, 0.15) is 21.5 Å². The molecule has 2 aromatic heterocycles. The van der Waals surface area contributed by atoms with Gasteiger partial charge < -0.3 is 10.6 Å². The van der Waals surface area contributed by atoms with Gasteiger partial charge in [0.2, 0.25) is 5.95 Å². The molecule has 0 radical (unpaired) electrons. The number of carbonyl (C=O) groups excluding carboxylic acids is 1. The van der Waals surface area contributed by atoms with Crippen molar-refractivity contribution in [2.75, 3.05) is 10.6 Å². The average molecular weight is 369 g/mol. The fourth-order valence-corrected chi connectivity index (χ4v) is 2.90. The van der Waals surface area contributed by atoms with Gasteiger partial charge in [-0.25, -0.2) is 9.97 Å². The second kappa shape index (κ2) is 7.44. The van der Waals surface area contributed by atoms with E-state index in [2.05, 4.69) is 31.7 Å². The fourth-order valence-electron chi connectivity index (χ4n) is 2.90. The third-order valence-electron chi connectivity index (χ3n) is 4.43. The Morgan fingerprint density at radius 2 is 1.68 bits per heavy atom. The lowest BCUT2D eigenvalue weighted by Crippen LogP contribution is -2.13. The molecule has 0 aliphatic carbocycles. The van der Waals surface area contributed by atoms with Gasteiger partial charge in [-0.05, 0) is 43.2 Å². The standard InChI is InChI=1S/C22H19N5O/c1-14-8-9-15(2)19(11-14)27-22-24-12-17(13-25-22)21(28)26-18-7-3-5-16-6-4-10-23-20(16)18/h3-13H,1-2H3,(H,26,28)(H,24,25,27).